The highest BCUT2D eigenvalue weighted by atomic mass is 16.6. The highest BCUT2D eigenvalue weighted by molar-refractivity contribution is 5.79. The van der Waals surface area contributed by atoms with Crippen molar-refractivity contribution in [3.05, 3.63) is 46.0 Å². The molecule has 0 bridgehead atoms. The van der Waals surface area contributed by atoms with Gasteiger partial charge < -0.3 is 4.74 Å². The second-order valence-electron chi connectivity index (χ2n) is 3.09. The van der Waals surface area contributed by atoms with Crippen molar-refractivity contribution in [3.8, 4) is 0 Å². The number of nitrogens with one attached hydrogen (secondary N) is 1. The van der Waals surface area contributed by atoms with Gasteiger partial charge in [0.1, 0.15) is 0 Å². The number of nitrogens with zero attached hydrogens (tertiary/aromatic N) is 2. The van der Waals surface area contributed by atoms with Gasteiger partial charge in [0, 0.05) is 18.3 Å². The van der Waals surface area contributed by atoms with Gasteiger partial charge in [-0.05, 0) is 11.6 Å². The fraction of sp³-hybridized carbons (Fsp3) is 0.0909. The predicted octanol–water partition coefficient (Wildman–Crippen LogP) is 1.95. The number of benzene rings is 1. The molecule has 1 aromatic rings. The number of hydrogen-bond acceptors (Lipinski definition) is 5. The van der Waals surface area contributed by atoms with Crippen LogP contribution in [0, 0.1) is 10.1 Å². The van der Waals surface area contributed by atoms with Crippen molar-refractivity contribution in [1.82, 2.24) is 5.43 Å². The average molecular weight is 249 g/mol. The first kappa shape index (κ1) is 13.4. The molecule has 1 aromatic carbocycles. The smallest absolute Gasteiger partial charge is 0.427 e. The van der Waals surface area contributed by atoms with Gasteiger partial charge in [0.25, 0.3) is 5.69 Å². The van der Waals surface area contributed by atoms with Crippen LogP contribution in [0.4, 0.5) is 10.5 Å². The van der Waals surface area contributed by atoms with E-state index in [1.165, 1.54) is 31.5 Å². The van der Waals surface area contributed by atoms with Crippen molar-refractivity contribution in [3.63, 3.8) is 0 Å². The van der Waals surface area contributed by atoms with E-state index in [4.69, 9.17) is 0 Å². The van der Waals surface area contributed by atoms with Crippen LogP contribution >= 0.6 is 0 Å². The third kappa shape index (κ3) is 4.44. The number of rotatable bonds is 4. The maximum Gasteiger partial charge on any atom is 0.427 e. The third-order valence-corrected chi connectivity index (χ3v) is 1.87. The number of hydrazone groups is 1. The highest BCUT2D eigenvalue weighted by Gasteiger charge is 2.02. The van der Waals surface area contributed by atoms with Crippen molar-refractivity contribution in [1.29, 1.82) is 0 Å². The van der Waals surface area contributed by atoms with Gasteiger partial charge in [-0.1, -0.05) is 18.2 Å². The van der Waals surface area contributed by atoms with Crippen molar-refractivity contribution in [2.75, 3.05) is 7.11 Å². The molecule has 1 N–H and O–H groups in total. The molecule has 0 saturated carbocycles. The Morgan fingerprint density at radius 3 is 3.00 bits per heavy atom. The van der Waals surface area contributed by atoms with E-state index < -0.39 is 11.0 Å². The molecule has 0 aliphatic rings. The van der Waals surface area contributed by atoms with E-state index >= 15 is 0 Å². The van der Waals surface area contributed by atoms with Crippen molar-refractivity contribution in [2.45, 2.75) is 0 Å². The topological polar surface area (TPSA) is 93.8 Å². The number of methoxy groups -OCH3 is 1. The number of hydrogen-bond donors (Lipinski definition) is 1. The van der Waals surface area contributed by atoms with E-state index in [0.717, 1.165) is 0 Å². The van der Waals surface area contributed by atoms with Gasteiger partial charge in [-0.2, -0.15) is 5.10 Å². The lowest BCUT2D eigenvalue weighted by molar-refractivity contribution is -0.384. The standard InChI is InChI=1S/C11H11N3O4/c1-18-11(15)13-12-7-3-5-9-4-2-6-10(8-9)14(16)17/h2-8H,1H3,(H,13,15). The molecule has 0 aromatic heterocycles. The van der Waals surface area contributed by atoms with Crippen LogP contribution in [0.15, 0.2) is 35.4 Å². The summed E-state index contributed by atoms with van der Waals surface area (Å²) < 4.78 is 4.29. The fourth-order valence-electron chi connectivity index (χ4n) is 1.07. The van der Waals surface area contributed by atoms with Gasteiger partial charge in [-0.3, -0.25) is 10.1 Å². The Kier molecular flexibility index (Phi) is 5.04. The minimum Gasteiger partial charge on any atom is -0.452 e. The van der Waals surface area contributed by atoms with Gasteiger partial charge in [0.05, 0.1) is 12.0 Å². The molecule has 7 nitrogen and oxygen atoms in total. The number of nitro groups is 1. The van der Waals surface area contributed by atoms with E-state index in [1.807, 2.05) is 0 Å². The average Bonchev–Trinajstić information content (AvgIpc) is 2.38. The molecule has 0 spiro atoms. The Bertz CT molecular complexity index is 497. The first-order valence-electron chi connectivity index (χ1n) is 4.91. The van der Waals surface area contributed by atoms with Crippen LogP contribution in [0.25, 0.3) is 6.08 Å². The van der Waals surface area contributed by atoms with Crippen molar-refractivity contribution < 1.29 is 14.5 Å². The number of amides is 1. The molecule has 1 amide bonds. The van der Waals surface area contributed by atoms with Gasteiger partial charge in [-0.25, -0.2) is 10.2 Å². The molecule has 0 fully saturated rings. The molecule has 0 heterocycles. The zero-order valence-corrected chi connectivity index (χ0v) is 9.57. The van der Waals surface area contributed by atoms with E-state index in [9.17, 15) is 14.9 Å². The third-order valence-electron chi connectivity index (χ3n) is 1.87. The molecular formula is C11H11N3O4. The van der Waals surface area contributed by atoms with E-state index in [2.05, 4.69) is 15.3 Å². The number of non-ortho nitro benzene ring substituents is 1. The number of carbonyl (C=O) groups is 1. The summed E-state index contributed by atoms with van der Waals surface area (Å²) in [6.07, 6.45) is 3.82. The molecule has 0 radical (unpaired) electrons. The van der Waals surface area contributed by atoms with Gasteiger partial charge in [0.15, 0.2) is 0 Å². The fourth-order valence-corrected chi connectivity index (χ4v) is 1.07. The minimum atomic E-state index is -0.671. The molecule has 0 unspecified atom stereocenters. The summed E-state index contributed by atoms with van der Waals surface area (Å²) in [4.78, 5) is 20.7. The zero-order chi connectivity index (χ0) is 13.4. The van der Waals surface area contributed by atoms with Gasteiger partial charge >= 0.3 is 6.09 Å². The number of nitro benzene ring substituents is 1. The number of carbonyl (C=O) groups excluding carboxylic acids is 1. The zero-order valence-electron chi connectivity index (χ0n) is 9.57. The van der Waals surface area contributed by atoms with Crippen LogP contribution in [0.1, 0.15) is 5.56 Å². The van der Waals surface area contributed by atoms with Crippen LogP contribution < -0.4 is 5.43 Å². The summed E-state index contributed by atoms with van der Waals surface area (Å²) in [6.45, 7) is 0. The molecule has 1 rings (SSSR count). The van der Waals surface area contributed by atoms with Crippen LogP contribution in [-0.4, -0.2) is 24.3 Å². The molecule has 0 aliphatic carbocycles. The van der Waals surface area contributed by atoms with Crippen LogP contribution in [0.5, 0.6) is 0 Å². The summed E-state index contributed by atoms with van der Waals surface area (Å²) in [6, 6.07) is 6.13. The summed E-state index contributed by atoms with van der Waals surface area (Å²) in [5, 5.41) is 14.1. The maximum atomic E-state index is 10.6. The Morgan fingerprint density at radius 2 is 2.33 bits per heavy atom. The second-order valence-corrected chi connectivity index (χ2v) is 3.09. The molecule has 0 saturated heterocycles. The predicted molar refractivity (Wildman–Crippen MR) is 66.2 cm³/mol. The summed E-state index contributed by atoms with van der Waals surface area (Å²) in [5.41, 5.74) is 2.77. The Balaban J connectivity index is 2.59. The summed E-state index contributed by atoms with van der Waals surface area (Å²) >= 11 is 0. The highest BCUT2D eigenvalue weighted by Crippen LogP contribution is 2.13. The quantitative estimate of drug-likeness (QED) is 0.501. The Hall–Kier alpha value is -2.70. The van der Waals surface area contributed by atoms with Crippen LogP contribution in [0.2, 0.25) is 0 Å². The van der Waals surface area contributed by atoms with Crippen molar-refractivity contribution >= 4 is 24.1 Å². The van der Waals surface area contributed by atoms with Crippen LogP contribution in [-0.2, 0) is 4.74 Å². The lowest BCUT2D eigenvalue weighted by atomic mass is 10.2. The Labute approximate surface area is 103 Å². The Morgan fingerprint density at radius 1 is 1.56 bits per heavy atom. The number of allylic oxidation sites excluding steroid dienone is 1. The summed E-state index contributed by atoms with van der Waals surface area (Å²) in [7, 11) is 1.23. The SMILES string of the molecule is COC(=O)NN=CC=Cc1cccc([N+](=O)[O-])c1. The lowest BCUT2D eigenvalue weighted by Gasteiger charge is -1.94. The molecular weight excluding hydrogens is 238 g/mol. The molecule has 0 aliphatic heterocycles. The molecule has 18 heavy (non-hydrogen) atoms. The first-order chi connectivity index (χ1) is 8.63. The lowest BCUT2D eigenvalue weighted by Crippen LogP contribution is -2.16. The molecule has 0 atom stereocenters. The maximum absolute atomic E-state index is 10.6. The monoisotopic (exact) mass is 249 g/mol. The normalized spacial score (nSPS) is 10.7. The van der Waals surface area contributed by atoms with Crippen LogP contribution in [0.3, 0.4) is 0 Å². The van der Waals surface area contributed by atoms with E-state index in [0.29, 0.717) is 5.56 Å². The van der Waals surface area contributed by atoms with E-state index in [-0.39, 0.29) is 5.69 Å². The van der Waals surface area contributed by atoms with Gasteiger partial charge in [0.2, 0.25) is 0 Å². The second kappa shape index (κ2) is 6.79. The first-order valence-corrected chi connectivity index (χ1v) is 4.91. The summed E-state index contributed by atoms with van der Waals surface area (Å²) in [5.74, 6) is 0. The van der Waals surface area contributed by atoms with Crippen molar-refractivity contribution in [2.24, 2.45) is 5.10 Å². The minimum absolute atomic E-state index is 0.0155. The molecule has 94 valence electrons. The number of ether oxygens (including phenoxy) is 1. The molecule has 7 heteroatoms. The van der Waals surface area contributed by atoms with E-state index in [1.54, 1.807) is 18.2 Å². The largest absolute Gasteiger partial charge is 0.452 e. The van der Waals surface area contributed by atoms with Gasteiger partial charge in [-0.15, -0.1) is 0 Å².